The lowest BCUT2D eigenvalue weighted by Crippen LogP contribution is -2.14. The average Bonchev–Trinajstić information content (AvgIpc) is 2.41. The molecule has 0 unspecified atom stereocenters. The summed E-state index contributed by atoms with van der Waals surface area (Å²) in [6.45, 7) is 0.0617. The Balaban J connectivity index is 2.77. The predicted molar refractivity (Wildman–Crippen MR) is 52.6 cm³/mol. The van der Waals surface area contributed by atoms with Gasteiger partial charge in [-0.05, 0) is 0 Å². The molecule has 0 saturated heterocycles. The van der Waals surface area contributed by atoms with Crippen LogP contribution in [0.4, 0.5) is 11.5 Å². The number of nitrogens with two attached hydrogens (primary N) is 1. The van der Waals surface area contributed by atoms with Crippen molar-refractivity contribution in [2.45, 2.75) is 6.54 Å². The van der Waals surface area contributed by atoms with Gasteiger partial charge in [0.25, 0.3) is 10.1 Å². The Morgan fingerprint density at radius 3 is 2.86 bits per heavy atom. The van der Waals surface area contributed by atoms with Crippen LogP contribution in [0.25, 0.3) is 0 Å². The fourth-order valence-electron chi connectivity index (χ4n) is 1.04. The van der Waals surface area contributed by atoms with Gasteiger partial charge < -0.3 is 11.1 Å². The van der Waals surface area contributed by atoms with Crippen LogP contribution in [0.1, 0.15) is 0 Å². The second-order valence-electron chi connectivity index (χ2n) is 2.71. The number of hydrogen-bond donors (Lipinski definition) is 3. The zero-order valence-electron chi connectivity index (χ0n) is 7.64. The minimum absolute atomic E-state index is 0.0617. The highest BCUT2D eigenvalue weighted by Gasteiger charge is 2.09. The fourth-order valence-corrected chi connectivity index (χ4v) is 1.45. The Hall–Kier alpha value is -1.28. The molecule has 0 spiro atoms. The molecule has 0 radical (unpaired) electrons. The number of nitrogens with one attached hydrogen (secondary N) is 1. The third kappa shape index (κ3) is 2.60. The molecule has 0 saturated carbocycles. The first kappa shape index (κ1) is 10.8. The van der Waals surface area contributed by atoms with Gasteiger partial charge in [-0.2, -0.15) is 13.5 Å². The van der Waals surface area contributed by atoms with Crippen molar-refractivity contribution < 1.29 is 13.0 Å². The van der Waals surface area contributed by atoms with Gasteiger partial charge in [-0.3, -0.25) is 4.55 Å². The van der Waals surface area contributed by atoms with Crippen LogP contribution in [0, 0.1) is 0 Å². The number of aryl methyl sites for hydroxylation is 1. The molecule has 1 rings (SSSR count). The monoisotopic (exact) mass is 220 g/mol. The van der Waals surface area contributed by atoms with E-state index in [2.05, 4.69) is 10.4 Å². The van der Waals surface area contributed by atoms with E-state index in [-0.39, 0.29) is 12.3 Å². The van der Waals surface area contributed by atoms with Crippen molar-refractivity contribution in [2.75, 3.05) is 23.9 Å². The van der Waals surface area contributed by atoms with E-state index in [1.807, 2.05) is 0 Å². The molecule has 0 bridgehead atoms. The van der Waals surface area contributed by atoms with Crippen molar-refractivity contribution in [3.8, 4) is 0 Å². The molecule has 14 heavy (non-hydrogen) atoms. The van der Waals surface area contributed by atoms with Crippen LogP contribution in [0.5, 0.6) is 0 Å². The van der Waals surface area contributed by atoms with Crippen LogP contribution >= 0.6 is 0 Å². The molecule has 1 heterocycles. The van der Waals surface area contributed by atoms with Crippen LogP contribution in [-0.4, -0.2) is 35.6 Å². The molecule has 0 amide bonds. The maximum absolute atomic E-state index is 10.5. The first-order chi connectivity index (χ1) is 6.44. The van der Waals surface area contributed by atoms with E-state index >= 15 is 0 Å². The average molecular weight is 220 g/mol. The zero-order valence-corrected chi connectivity index (χ0v) is 8.45. The van der Waals surface area contributed by atoms with Crippen molar-refractivity contribution in [3.05, 3.63) is 6.20 Å². The molecule has 1 aromatic rings. The summed E-state index contributed by atoms with van der Waals surface area (Å²) in [5, 5.41) is 6.62. The Morgan fingerprint density at radius 1 is 1.71 bits per heavy atom. The number of hydrogen-bond acceptors (Lipinski definition) is 5. The summed E-state index contributed by atoms with van der Waals surface area (Å²) < 4.78 is 30.9. The van der Waals surface area contributed by atoms with E-state index in [1.165, 1.54) is 10.9 Å². The van der Waals surface area contributed by atoms with Crippen molar-refractivity contribution >= 4 is 21.6 Å². The van der Waals surface area contributed by atoms with Gasteiger partial charge in [0, 0.05) is 7.05 Å². The number of aromatic nitrogens is 2. The molecule has 80 valence electrons. The summed E-state index contributed by atoms with van der Waals surface area (Å²) in [6, 6.07) is 0. The van der Waals surface area contributed by atoms with Gasteiger partial charge in [-0.25, -0.2) is 4.68 Å². The summed E-state index contributed by atoms with van der Waals surface area (Å²) in [4.78, 5) is 0. The van der Waals surface area contributed by atoms with Crippen molar-refractivity contribution in [1.82, 2.24) is 9.78 Å². The van der Waals surface area contributed by atoms with Gasteiger partial charge >= 0.3 is 0 Å². The highest BCUT2D eigenvalue weighted by molar-refractivity contribution is 7.85. The highest BCUT2D eigenvalue weighted by Crippen LogP contribution is 2.15. The first-order valence-electron chi connectivity index (χ1n) is 3.88. The molecule has 0 aromatic carbocycles. The van der Waals surface area contributed by atoms with Crippen molar-refractivity contribution in [3.63, 3.8) is 0 Å². The van der Waals surface area contributed by atoms with Gasteiger partial charge in [0.15, 0.2) is 0 Å². The molecule has 8 heteroatoms. The predicted octanol–water partition coefficient (Wildman–Crippen LogP) is -0.605. The normalized spacial score (nSPS) is 11.6. The van der Waals surface area contributed by atoms with Crippen LogP contribution in [0.15, 0.2) is 6.20 Å². The molecular weight excluding hydrogens is 208 g/mol. The maximum Gasteiger partial charge on any atom is 0.266 e. The Kier molecular flexibility index (Phi) is 2.96. The standard InChI is InChI=1S/C6H12N4O3S/c1-8-6-5(7)4-9-10(6)2-3-14(11,12)13/h4,8H,2-3,7H2,1H3,(H,11,12,13). The number of nitrogens with zero attached hydrogens (tertiary/aromatic N) is 2. The number of rotatable bonds is 4. The van der Waals surface area contributed by atoms with Crippen LogP contribution in [-0.2, 0) is 16.7 Å². The second kappa shape index (κ2) is 3.84. The quantitative estimate of drug-likeness (QED) is 0.584. The summed E-state index contributed by atoms with van der Waals surface area (Å²) in [7, 11) is -2.32. The lowest BCUT2D eigenvalue weighted by atomic mass is 10.5. The van der Waals surface area contributed by atoms with E-state index < -0.39 is 10.1 Å². The van der Waals surface area contributed by atoms with Gasteiger partial charge in [-0.15, -0.1) is 0 Å². The van der Waals surface area contributed by atoms with Crippen LogP contribution in [0.3, 0.4) is 0 Å². The first-order valence-corrected chi connectivity index (χ1v) is 5.49. The molecule has 0 aliphatic rings. The van der Waals surface area contributed by atoms with Crippen LogP contribution in [0.2, 0.25) is 0 Å². The SMILES string of the molecule is CNc1c(N)cnn1CCS(=O)(=O)O. The van der Waals surface area contributed by atoms with Crippen LogP contribution < -0.4 is 11.1 Å². The molecule has 0 aliphatic carbocycles. The lowest BCUT2D eigenvalue weighted by molar-refractivity contribution is 0.476. The summed E-state index contributed by atoms with van der Waals surface area (Å²) in [6.07, 6.45) is 1.41. The molecule has 0 fully saturated rings. The molecule has 1 aromatic heterocycles. The van der Waals surface area contributed by atoms with E-state index in [4.69, 9.17) is 10.3 Å². The second-order valence-corrected chi connectivity index (χ2v) is 4.28. The minimum Gasteiger partial charge on any atom is -0.394 e. The third-order valence-corrected chi connectivity index (χ3v) is 2.36. The fraction of sp³-hybridized carbons (Fsp3) is 0.500. The summed E-state index contributed by atoms with van der Waals surface area (Å²) in [5.41, 5.74) is 5.97. The summed E-state index contributed by atoms with van der Waals surface area (Å²) >= 11 is 0. The smallest absolute Gasteiger partial charge is 0.266 e. The van der Waals surface area contributed by atoms with E-state index in [1.54, 1.807) is 7.05 Å². The topological polar surface area (TPSA) is 110 Å². The number of anilines is 2. The summed E-state index contributed by atoms with van der Waals surface area (Å²) in [5.74, 6) is 0.150. The molecule has 4 N–H and O–H groups in total. The molecule has 0 atom stereocenters. The van der Waals surface area contributed by atoms with Gasteiger partial charge in [0.1, 0.15) is 5.82 Å². The van der Waals surface area contributed by atoms with Gasteiger partial charge in [0.2, 0.25) is 0 Å². The van der Waals surface area contributed by atoms with E-state index in [0.717, 1.165) is 0 Å². The largest absolute Gasteiger partial charge is 0.394 e. The Morgan fingerprint density at radius 2 is 2.36 bits per heavy atom. The molecule has 7 nitrogen and oxygen atoms in total. The van der Waals surface area contributed by atoms with E-state index in [0.29, 0.717) is 11.5 Å². The third-order valence-electron chi connectivity index (χ3n) is 1.67. The molecule has 0 aliphatic heterocycles. The van der Waals surface area contributed by atoms with Gasteiger partial charge in [-0.1, -0.05) is 0 Å². The zero-order chi connectivity index (χ0) is 10.8. The van der Waals surface area contributed by atoms with Crippen molar-refractivity contribution in [2.24, 2.45) is 0 Å². The van der Waals surface area contributed by atoms with Gasteiger partial charge in [0.05, 0.1) is 24.2 Å². The maximum atomic E-state index is 10.5. The molecular formula is C6H12N4O3S. The van der Waals surface area contributed by atoms with E-state index in [9.17, 15) is 8.42 Å². The lowest BCUT2D eigenvalue weighted by Gasteiger charge is -2.05. The van der Waals surface area contributed by atoms with Crippen molar-refractivity contribution in [1.29, 1.82) is 0 Å². The Bertz CT molecular complexity index is 411. The Labute approximate surface area is 81.7 Å². The highest BCUT2D eigenvalue weighted by atomic mass is 32.2. The minimum atomic E-state index is -3.97. The number of nitrogen functional groups attached to an aromatic ring is 1.